The highest BCUT2D eigenvalue weighted by Gasteiger charge is 2.22. The third kappa shape index (κ3) is 2.71. The van der Waals surface area contributed by atoms with Crippen LogP contribution in [0.2, 0.25) is 0 Å². The van der Waals surface area contributed by atoms with Gasteiger partial charge in [-0.15, -0.1) is 0 Å². The number of hydrogen-bond acceptors (Lipinski definition) is 1. The molecule has 0 N–H and O–H groups in total. The van der Waals surface area contributed by atoms with Crippen LogP contribution in [0.5, 0.6) is 0 Å². The minimum atomic E-state index is 0.210. The van der Waals surface area contributed by atoms with Crippen molar-refractivity contribution >= 4 is 15.9 Å². The summed E-state index contributed by atoms with van der Waals surface area (Å²) in [5, 5.41) is 0. The molecule has 0 spiro atoms. The lowest BCUT2D eigenvalue weighted by atomic mass is 9.94. The maximum absolute atomic E-state index is 5.79. The van der Waals surface area contributed by atoms with Gasteiger partial charge in [0.2, 0.25) is 0 Å². The maximum Gasteiger partial charge on any atom is 0.106 e. The lowest BCUT2D eigenvalue weighted by Crippen LogP contribution is -2.01. The van der Waals surface area contributed by atoms with Gasteiger partial charge < -0.3 is 4.42 Å². The molecule has 0 fully saturated rings. The average molecular weight is 335 g/mol. The van der Waals surface area contributed by atoms with E-state index in [1.54, 1.807) is 0 Å². The smallest absolute Gasteiger partial charge is 0.106 e. The van der Waals surface area contributed by atoms with Crippen molar-refractivity contribution in [3.05, 3.63) is 57.5 Å². The van der Waals surface area contributed by atoms with Gasteiger partial charge in [-0.05, 0) is 55.9 Å². The normalized spacial score (nSPS) is 12.7. The summed E-state index contributed by atoms with van der Waals surface area (Å²) in [6, 6.07) is 6.84. The van der Waals surface area contributed by atoms with Gasteiger partial charge >= 0.3 is 0 Å². The summed E-state index contributed by atoms with van der Waals surface area (Å²) in [6.07, 6.45) is 2.12. The Bertz CT molecular complexity index is 610. The molecule has 1 nitrogen and oxygen atoms in total. The topological polar surface area (TPSA) is 13.1 Å². The number of halogens is 1. The number of hydrogen-bond donors (Lipinski definition) is 0. The molecule has 0 saturated heterocycles. The highest BCUT2D eigenvalue weighted by Crippen LogP contribution is 2.39. The van der Waals surface area contributed by atoms with Gasteiger partial charge in [0, 0.05) is 5.56 Å². The van der Waals surface area contributed by atoms with Crippen LogP contribution in [0.25, 0.3) is 0 Å². The van der Waals surface area contributed by atoms with E-state index in [4.69, 9.17) is 4.42 Å². The second kappa shape index (κ2) is 6.17. The van der Waals surface area contributed by atoms with Crippen LogP contribution in [0.4, 0.5) is 0 Å². The maximum atomic E-state index is 5.79. The lowest BCUT2D eigenvalue weighted by Gasteiger charge is -2.16. The fourth-order valence-corrected chi connectivity index (χ4v) is 3.85. The van der Waals surface area contributed by atoms with Gasteiger partial charge in [0.1, 0.15) is 11.5 Å². The molecule has 0 radical (unpaired) electrons. The van der Waals surface area contributed by atoms with E-state index in [1.807, 2.05) is 6.92 Å². The molecule has 0 bridgehead atoms. The molecule has 0 aliphatic carbocycles. The van der Waals surface area contributed by atoms with Crippen molar-refractivity contribution in [3.63, 3.8) is 0 Å². The van der Waals surface area contributed by atoms with Crippen molar-refractivity contribution < 1.29 is 4.42 Å². The number of alkyl halides is 1. The molecule has 20 heavy (non-hydrogen) atoms. The first kappa shape index (κ1) is 15.4. The van der Waals surface area contributed by atoms with Gasteiger partial charge in [-0.25, -0.2) is 0 Å². The fraction of sp³-hybridized carbons (Fsp3) is 0.444. The Morgan fingerprint density at radius 1 is 1.05 bits per heavy atom. The second-order valence-corrected chi connectivity index (χ2v) is 6.27. The first-order valence-corrected chi connectivity index (χ1v) is 8.23. The van der Waals surface area contributed by atoms with Crippen molar-refractivity contribution in [2.24, 2.45) is 0 Å². The summed E-state index contributed by atoms with van der Waals surface area (Å²) in [6.45, 7) is 10.6. The van der Waals surface area contributed by atoms with Crippen molar-refractivity contribution in [2.75, 3.05) is 0 Å². The molecule has 1 aromatic carbocycles. The van der Waals surface area contributed by atoms with Gasteiger partial charge in [-0.2, -0.15) is 0 Å². The van der Waals surface area contributed by atoms with Crippen molar-refractivity contribution in [1.82, 2.24) is 0 Å². The molecule has 2 rings (SSSR count). The molecule has 0 saturated carbocycles. The highest BCUT2D eigenvalue weighted by molar-refractivity contribution is 9.09. The van der Waals surface area contributed by atoms with E-state index in [2.05, 4.69) is 61.8 Å². The van der Waals surface area contributed by atoms with Crippen LogP contribution in [0.1, 0.15) is 58.0 Å². The lowest BCUT2D eigenvalue weighted by molar-refractivity contribution is 0.500. The summed E-state index contributed by atoms with van der Waals surface area (Å²) in [5.41, 5.74) is 6.71. The summed E-state index contributed by atoms with van der Waals surface area (Å²) < 4.78 is 5.79. The van der Waals surface area contributed by atoms with Gasteiger partial charge in [-0.1, -0.05) is 48.0 Å². The highest BCUT2D eigenvalue weighted by atomic mass is 79.9. The molecule has 0 aliphatic heterocycles. The molecule has 1 unspecified atom stereocenters. The van der Waals surface area contributed by atoms with Crippen LogP contribution in [-0.4, -0.2) is 0 Å². The molecule has 0 amide bonds. The third-order valence-electron chi connectivity index (χ3n) is 4.14. The molecule has 2 aromatic rings. The monoisotopic (exact) mass is 334 g/mol. The van der Waals surface area contributed by atoms with Gasteiger partial charge in [0.05, 0.1) is 4.83 Å². The zero-order valence-electron chi connectivity index (χ0n) is 13.0. The van der Waals surface area contributed by atoms with Gasteiger partial charge in [-0.3, -0.25) is 0 Å². The molecule has 0 aliphatic rings. The van der Waals surface area contributed by atoms with E-state index < -0.39 is 0 Å². The standard InChI is InChI=1S/C18H23BrO/c1-6-14-8-9-15(7-2)16(10-14)18(19)17-11(3)12(4)20-13(17)5/h8-10,18H,6-7H2,1-5H3. The van der Waals surface area contributed by atoms with Crippen LogP contribution in [0.3, 0.4) is 0 Å². The molecule has 1 atom stereocenters. The molecular weight excluding hydrogens is 312 g/mol. The van der Waals surface area contributed by atoms with Crippen LogP contribution in [0, 0.1) is 20.8 Å². The number of furan rings is 1. The minimum Gasteiger partial charge on any atom is -0.466 e. The average Bonchev–Trinajstić information content (AvgIpc) is 2.70. The predicted molar refractivity (Wildman–Crippen MR) is 88.9 cm³/mol. The first-order valence-electron chi connectivity index (χ1n) is 7.31. The van der Waals surface area contributed by atoms with Crippen LogP contribution >= 0.6 is 15.9 Å². The second-order valence-electron chi connectivity index (χ2n) is 5.36. The molecule has 1 aromatic heterocycles. The summed E-state index contributed by atoms with van der Waals surface area (Å²) in [4.78, 5) is 0.210. The van der Waals surface area contributed by atoms with Crippen molar-refractivity contribution in [3.8, 4) is 0 Å². The fourth-order valence-electron chi connectivity index (χ4n) is 2.76. The molecule has 2 heteroatoms. The van der Waals surface area contributed by atoms with Crippen molar-refractivity contribution in [1.29, 1.82) is 0 Å². The zero-order chi connectivity index (χ0) is 14.9. The number of rotatable bonds is 4. The van der Waals surface area contributed by atoms with E-state index >= 15 is 0 Å². The Morgan fingerprint density at radius 3 is 2.25 bits per heavy atom. The molecular formula is C18H23BrO. The summed E-state index contributed by atoms with van der Waals surface area (Å²) in [5.74, 6) is 2.04. The summed E-state index contributed by atoms with van der Waals surface area (Å²) in [7, 11) is 0. The van der Waals surface area contributed by atoms with E-state index in [-0.39, 0.29) is 4.83 Å². The van der Waals surface area contributed by atoms with Crippen LogP contribution < -0.4 is 0 Å². The number of benzene rings is 1. The van der Waals surface area contributed by atoms with Gasteiger partial charge in [0.25, 0.3) is 0 Å². The third-order valence-corrected chi connectivity index (χ3v) is 5.09. The van der Waals surface area contributed by atoms with E-state index in [1.165, 1.54) is 27.8 Å². The SMILES string of the molecule is CCc1ccc(CC)c(C(Br)c2c(C)oc(C)c2C)c1. The van der Waals surface area contributed by atoms with E-state index in [0.717, 1.165) is 24.4 Å². The van der Waals surface area contributed by atoms with Crippen LogP contribution in [0.15, 0.2) is 22.6 Å². The van der Waals surface area contributed by atoms with E-state index in [0.29, 0.717) is 0 Å². The first-order chi connectivity index (χ1) is 9.49. The quantitative estimate of drug-likeness (QED) is 0.642. The Balaban J connectivity index is 2.54. The predicted octanol–water partition coefficient (Wildman–Crippen LogP) is 5.81. The zero-order valence-corrected chi connectivity index (χ0v) is 14.6. The molecule has 108 valence electrons. The Kier molecular flexibility index (Phi) is 4.74. The van der Waals surface area contributed by atoms with Crippen LogP contribution in [-0.2, 0) is 12.8 Å². The Labute approximate surface area is 130 Å². The van der Waals surface area contributed by atoms with Crippen molar-refractivity contribution in [2.45, 2.75) is 52.3 Å². The Hall–Kier alpha value is -1.02. The Morgan fingerprint density at radius 2 is 1.75 bits per heavy atom. The molecule has 1 heterocycles. The summed E-state index contributed by atoms with van der Waals surface area (Å²) >= 11 is 3.90. The number of aryl methyl sites for hydroxylation is 4. The van der Waals surface area contributed by atoms with Gasteiger partial charge in [0.15, 0.2) is 0 Å². The minimum absolute atomic E-state index is 0.210. The van der Waals surface area contributed by atoms with E-state index in [9.17, 15) is 0 Å². The largest absolute Gasteiger partial charge is 0.466 e.